The molecule has 1 fully saturated rings. The summed E-state index contributed by atoms with van der Waals surface area (Å²) in [7, 11) is 0. The standard InChI is InChI=1S/C14H17BrN4O/c15-11-7-5-10(6-8-11)9-14-16-17-18-19(14)12-3-1-2-4-13(12)20/h5-8,12-13,20H,1-4,9H2/t12-,13+/m1/s1. The molecule has 6 heteroatoms. The van der Waals surface area contributed by atoms with Gasteiger partial charge >= 0.3 is 0 Å². The van der Waals surface area contributed by atoms with Gasteiger partial charge in [0.05, 0.1) is 12.1 Å². The van der Waals surface area contributed by atoms with E-state index in [4.69, 9.17) is 0 Å². The molecule has 1 N–H and O–H groups in total. The first-order chi connectivity index (χ1) is 9.74. The number of aliphatic hydroxyl groups is 1. The summed E-state index contributed by atoms with van der Waals surface area (Å²) in [5.41, 5.74) is 1.16. The molecule has 2 aromatic rings. The van der Waals surface area contributed by atoms with Crippen molar-refractivity contribution in [1.29, 1.82) is 0 Å². The van der Waals surface area contributed by atoms with E-state index in [1.54, 1.807) is 0 Å². The summed E-state index contributed by atoms with van der Waals surface area (Å²) in [4.78, 5) is 0. The van der Waals surface area contributed by atoms with Crippen LogP contribution in [0.4, 0.5) is 0 Å². The molecule has 0 bridgehead atoms. The Labute approximate surface area is 126 Å². The Morgan fingerprint density at radius 1 is 1.20 bits per heavy atom. The van der Waals surface area contributed by atoms with Crippen LogP contribution in [0.3, 0.4) is 0 Å². The van der Waals surface area contributed by atoms with Crippen molar-refractivity contribution in [3.8, 4) is 0 Å². The SMILES string of the molecule is O[C@H]1CCCC[C@H]1n1nnnc1Cc1ccc(Br)cc1. The van der Waals surface area contributed by atoms with Gasteiger partial charge in [0, 0.05) is 10.9 Å². The van der Waals surface area contributed by atoms with E-state index in [2.05, 4.69) is 43.6 Å². The first kappa shape index (κ1) is 13.7. The smallest absolute Gasteiger partial charge is 0.156 e. The molecule has 1 saturated carbocycles. The Morgan fingerprint density at radius 3 is 2.70 bits per heavy atom. The Hall–Kier alpha value is -1.27. The van der Waals surface area contributed by atoms with Crippen molar-refractivity contribution in [3.63, 3.8) is 0 Å². The minimum absolute atomic E-state index is 0.0178. The number of aromatic nitrogens is 4. The second-order valence-electron chi connectivity index (χ2n) is 5.26. The Bertz CT molecular complexity index is 569. The van der Waals surface area contributed by atoms with E-state index in [0.717, 1.165) is 41.5 Å². The summed E-state index contributed by atoms with van der Waals surface area (Å²) in [6, 6.07) is 8.16. The van der Waals surface area contributed by atoms with E-state index < -0.39 is 0 Å². The van der Waals surface area contributed by atoms with Crippen molar-refractivity contribution in [2.45, 2.75) is 44.2 Å². The fourth-order valence-corrected chi connectivity index (χ4v) is 3.01. The highest BCUT2D eigenvalue weighted by molar-refractivity contribution is 9.10. The van der Waals surface area contributed by atoms with Crippen LogP contribution >= 0.6 is 15.9 Å². The van der Waals surface area contributed by atoms with Crippen LogP contribution in [0.1, 0.15) is 43.1 Å². The molecule has 0 spiro atoms. The highest BCUT2D eigenvalue weighted by atomic mass is 79.9. The van der Waals surface area contributed by atoms with Crippen LogP contribution in [0, 0.1) is 0 Å². The van der Waals surface area contributed by atoms with Gasteiger partial charge in [0.1, 0.15) is 0 Å². The van der Waals surface area contributed by atoms with Crippen molar-refractivity contribution in [2.75, 3.05) is 0 Å². The molecule has 0 amide bonds. The van der Waals surface area contributed by atoms with Gasteiger partial charge < -0.3 is 5.11 Å². The molecule has 3 rings (SSSR count). The van der Waals surface area contributed by atoms with Crippen molar-refractivity contribution in [3.05, 3.63) is 40.1 Å². The number of hydrogen-bond donors (Lipinski definition) is 1. The van der Waals surface area contributed by atoms with Gasteiger partial charge in [-0.3, -0.25) is 0 Å². The number of benzene rings is 1. The topological polar surface area (TPSA) is 63.8 Å². The first-order valence-corrected chi connectivity index (χ1v) is 7.72. The van der Waals surface area contributed by atoms with E-state index in [1.807, 2.05) is 16.8 Å². The minimum atomic E-state index is -0.337. The molecule has 106 valence electrons. The zero-order chi connectivity index (χ0) is 13.9. The van der Waals surface area contributed by atoms with Gasteiger partial charge in [0.25, 0.3) is 0 Å². The third-order valence-corrected chi connectivity index (χ3v) is 4.37. The molecule has 2 atom stereocenters. The maximum Gasteiger partial charge on any atom is 0.156 e. The fourth-order valence-electron chi connectivity index (χ4n) is 2.75. The summed E-state index contributed by atoms with van der Waals surface area (Å²) in [5.74, 6) is 0.818. The van der Waals surface area contributed by atoms with Gasteiger partial charge in [-0.05, 0) is 41.0 Å². The third-order valence-electron chi connectivity index (χ3n) is 3.84. The van der Waals surface area contributed by atoms with Gasteiger partial charge in [0.15, 0.2) is 5.82 Å². The Morgan fingerprint density at radius 2 is 1.95 bits per heavy atom. The van der Waals surface area contributed by atoms with Crippen LogP contribution in [0.2, 0.25) is 0 Å². The molecule has 0 unspecified atom stereocenters. The van der Waals surface area contributed by atoms with Crippen LogP contribution in [0.15, 0.2) is 28.7 Å². The normalized spacial score (nSPS) is 22.9. The van der Waals surface area contributed by atoms with E-state index in [9.17, 15) is 5.11 Å². The number of aliphatic hydroxyl groups excluding tert-OH is 1. The first-order valence-electron chi connectivity index (χ1n) is 6.93. The molecular weight excluding hydrogens is 320 g/mol. The molecule has 1 heterocycles. The van der Waals surface area contributed by atoms with Crippen molar-refractivity contribution < 1.29 is 5.11 Å². The maximum atomic E-state index is 10.1. The molecule has 1 aromatic carbocycles. The lowest BCUT2D eigenvalue weighted by atomic mass is 9.92. The van der Waals surface area contributed by atoms with Crippen LogP contribution in [-0.2, 0) is 6.42 Å². The van der Waals surface area contributed by atoms with Gasteiger partial charge in [0.2, 0.25) is 0 Å². The van der Waals surface area contributed by atoms with Gasteiger partial charge in [-0.15, -0.1) is 5.10 Å². The molecule has 1 aliphatic carbocycles. The van der Waals surface area contributed by atoms with Crippen LogP contribution < -0.4 is 0 Å². The lowest BCUT2D eigenvalue weighted by molar-refractivity contribution is 0.0670. The number of nitrogens with zero attached hydrogens (tertiary/aromatic N) is 4. The maximum absolute atomic E-state index is 10.1. The van der Waals surface area contributed by atoms with Crippen LogP contribution in [-0.4, -0.2) is 31.4 Å². The molecule has 0 saturated heterocycles. The van der Waals surface area contributed by atoms with Crippen LogP contribution in [0.25, 0.3) is 0 Å². The highest BCUT2D eigenvalue weighted by Gasteiger charge is 2.27. The average molecular weight is 337 g/mol. The zero-order valence-electron chi connectivity index (χ0n) is 11.1. The van der Waals surface area contributed by atoms with Crippen LogP contribution in [0.5, 0.6) is 0 Å². The lowest BCUT2D eigenvalue weighted by Crippen LogP contribution is -2.29. The monoisotopic (exact) mass is 336 g/mol. The van der Waals surface area contributed by atoms with Crippen molar-refractivity contribution in [2.24, 2.45) is 0 Å². The molecular formula is C14H17BrN4O. The third kappa shape index (κ3) is 2.91. The Balaban J connectivity index is 1.81. The number of rotatable bonds is 3. The fraction of sp³-hybridized carbons (Fsp3) is 0.500. The lowest BCUT2D eigenvalue weighted by Gasteiger charge is -2.27. The van der Waals surface area contributed by atoms with Crippen molar-refractivity contribution >= 4 is 15.9 Å². The van der Waals surface area contributed by atoms with E-state index >= 15 is 0 Å². The second kappa shape index (κ2) is 6.01. The largest absolute Gasteiger partial charge is 0.391 e. The summed E-state index contributed by atoms with van der Waals surface area (Å²) in [5, 5.41) is 22.1. The second-order valence-corrected chi connectivity index (χ2v) is 6.18. The van der Waals surface area contributed by atoms with E-state index in [1.165, 1.54) is 0 Å². The predicted molar refractivity (Wildman–Crippen MR) is 78.3 cm³/mol. The Kier molecular flexibility index (Phi) is 4.12. The molecule has 0 radical (unpaired) electrons. The minimum Gasteiger partial charge on any atom is -0.391 e. The van der Waals surface area contributed by atoms with E-state index in [0.29, 0.717) is 6.42 Å². The number of tetrazole rings is 1. The molecule has 1 aliphatic rings. The number of halogens is 1. The summed E-state index contributed by atoms with van der Waals surface area (Å²) in [6.07, 6.45) is 4.34. The summed E-state index contributed by atoms with van der Waals surface area (Å²) < 4.78 is 2.87. The van der Waals surface area contributed by atoms with Gasteiger partial charge in [-0.25, -0.2) is 4.68 Å². The highest BCUT2D eigenvalue weighted by Crippen LogP contribution is 2.28. The molecule has 5 nitrogen and oxygen atoms in total. The van der Waals surface area contributed by atoms with Gasteiger partial charge in [-0.1, -0.05) is 40.9 Å². The quantitative estimate of drug-likeness (QED) is 0.935. The average Bonchev–Trinajstić information content (AvgIpc) is 2.90. The zero-order valence-corrected chi connectivity index (χ0v) is 12.7. The molecule has 1 aromatic heterocycles. The van der Waals surface area contributed by atoms with Crippen molar-refractivity contribution in [1.82, 2.24) is 20.2 Å². The molecule has 20 heavy (non-hydrogen) atoms. The summed E-state index contributed by atoms with van der Waals surface area (Å²) in [6.45, 7) is 0. The van der Waals surface area contributed by atoms with E-state index in [-0.39, 0.29) is 12.1 Å². The molecule has 0 aliphatic heterocycles. The van der Waals surface area contributed by atoms with Gasteiger partial charge in [-0.2, -0.15) is 0 Å². The predicted octanol–water partition coefficient (Wildman–Crippen LogP) is 2.50. The summed E-state index contributed by atoms with van der Waals surface area (Å²) >= 11 is 3.43. The number of hydrogen-bond acceptors (Lipinski definition) is 4.